The standard InChI is InChI=1S/C31H34N4O/c36-30(16-13-23-7-2-1-3-8-23)31(28-15-14-24-9-4-5-10-26(24)33-28)35-21-19-34(20-22-35)29-12-6-11-27-25(29)17-18-32-27/h1-12,17-18,28,31-33H,13-16,19-22H2. The summed E-state index contributed by atoms with van der Waals surface area (Å²) < 4.78 is 0. The van der Waals surface area contributed by atoms with Crippen molar-refractivity contribution in [3.8, 4) is 0 Å². The first-order valence-electron chi connectivity index (χ1n) is 13.2. The Kier molecular flexibility index (Phi) is 6.48. The number of nitrogens with zero attached hydrogens (tertiary/aromatic N) is 2. The third-order valence-corrected chi connectivity index (χ3v) is 7.92. The van der Waals surface area contributed by atoms with Crippen LogP contribution in [0.15, 0.2) is 85.1 Å². The average Bonchev–Trinajstić information content (AvgIpc) is 3.42. The van der Waals surface area contributed by atoms with Crippen LogP contribution < -0.4 is 10.2 Å². The largest absolute Gasteiger partial charge is 0.380 e. The molecule has 5 heteroatoms. The first-order valence-corrected chi connectivity index (χ1v) is 13.2. The van der Waals surface area contributed by atoms with Gasteiger partial charge >= 0.3 is 0 Å². The molecule has 2 aliphatic rings. The monoisotopic (exact) mass is 478 g/mol. The Hall–Kier alpha value is -3.57. The van der Waals surface area contributed by atoms with Gasteiger partial charge in [0, 0.05) is 67.1 Å². The van der Waals surface area contributed by atoms with E-state index in [0.29, 0.717) is 12.2 Å². The molecule has 0 aliphatic carbocycles. The molecule has 184 valence electrons. The van der Waals surface area contributed by atoms with E-state index in [4.69, 9.17) is 0 Å². The number of carbonyl (C=O) groups is 1. The molecule has 3 heterocycles. The van der Waals surface area contributed by atoms with Gasteiger partial charge in [-0.05, 0) is 54.7 Å². The van der Waals surface area contributed by atoms with Gasteiger partial charge in [-0.1, -0.05) is 54.6 Å². The van der Waals surface area contributed by atoms with Crippen molar-refractivity contribution in [2.45, 2.75) is 37.8 Å². The second kappa shape index (κ2) is 10.2. The molecule has 1 fully saturated rings. The van der Waals surface area contributed by atoms with Crippen molar-refractivity contribution in [1.82, 2.24) is 9.88 Å². The van der Waals surface area contributed by atoms with Gasteiger partial charge in [-0.25, -0.2) is 0 Å². The number of Topliss-reactive ketones (excluding diaryl/α,β-unsaturated/α-hetero) is 1. The number of para-hydroxylation sites is 1. The number of aromatic amines is 1. The minimum atomic E-state index is -0.104. The maximum Gasteiger partial charge on any atom is 0.152 e. The molecule has 0 saturated carbocycles. The van der Waals surface area contributed by atoms with Gasteiger partial charge in [0.15, 0.2) is 5.78 Å². The summed E-state index contributed by atoms with van der Waals surface area (Å²) >= 11 is 0. The predicted molar refractivity (Wildman–Crippen MR) is 148 cm³/mol. The number of aromatic nitrogens is 1. The van der Waals surface area contributed by atoms with Crippen molar-refractivity contribution in [1.29, 1.82) is 0 Å². The molecule has 1 aromatic heterocycles. The van der Waals surface area contributed by atoms with E-state index in [1.54, 1.807) is 0 Å². The first-order chi connectivity index (χ1) is 17.8. The second-order valence-electron chi connectivity index (χ2n) is 10.1. The molecule has 36 heavy (non-hydrogen) atoms. The zero-order valence-electron chi connectivity index (χ0n) is 20.7. The molecule has 0 spiro atoms. The number of benzene rings is 3. The van der Waals surface area contributed by atoms with Crippen LogP contribution in [0, 0.1) is 0 Å². The summed E-state index contributed by atoms with van der Waals surface area (Å²) in [5.74, 6) is 0.358. The predicted octanol–water partition coefficient (Wildman–Crippen LogP) is 5.29. The minimum absolute atomic E-state index is 0.104. The number of hydrogen-bond donors (Lipinski definition) is 2. The molecule has 6 rings (SSSR count). The lowest BCUT2D eigenvalue weighted by molar-refractivity contribution is -0.125. The molecule has 2 aliphatic heterocycles. The van der Waals surface area contributed by atoms with Gasteiger partial charge in [0.2, 0.25) is 0 Å². The van der Waals surface area contributed by atoms with E-state index < -0.39 is 0 Å². The van der Waals surface area contributed by atoms with E-state index in [1.165, 1.54) is 33.4 Å². The Morgan fingerprint density at radius 1 is 0.889 bits per heavy atom. The van der Waals surface area contributed by atoms with E-state index >= 15 is 0 Å². The van der Waals surface area contributed by atoms with E-state index in [0.717, 1.165) is 45.4 Å². The number of H-pyrrole nitrogens is 1. The highest BCUT2D eigenvalue weighted by Gasteiger charge is 2.36. The number of aryl methyl sites for hydroxylation is 2. The van der Waals surface area contributed by atoms with E-state index in [2.05, 4.69) is 92.9 Å². The lowest BCUT2D eigenvalue weighted by Gasteiger charge is -2.44. The molecule has 0 bridgehead atoms. The summed E-state index contributed by atoms with van der Waals surface area (Å²) in [6.45, 7) is 3.64. The van der Waals surface area contributed by atoms with E-state index in [9.17, 15) is 4.79 Å². The zero-order chi connectivity index (χ0) is 24.3. The maximum atomic E-state index is 13.8. The number of hydrogen-bond acceptors (Lipinski definition) is 4. The first kappa shape index (κ1) is 22.9. The molecule has 1 saturated heterocycles. The Bertz CT molecular complexity index is 1320. The SMILES string of the molecule is O=C(CCc1ccccc1)C(C1CCc2ccccc2N1)N1CCN(c2cccc3[nH]ccc23)CC1. The van der Waals surface area contributed by atoms with E-state index in [1.807, 2.05) is 12.3 Å². The third-order valence-electron chi connectivity index (χ3n) is 7.92. The van der Waals surface area contributed by atoms with Gasteiger partial charge < -0.3 is 15.2 Å². The summed E-state index contributed by atoms with van der Waals surface area (Å²) in [7, 11) is 0. The number of fused-ring (bicyclic) bond motifs is 2. The van der Waals surface area contributed by atoms with Crippen molar-refractivity contribution in [2.24, 2.45) is 0 Å². The van der Waals surface area contributed by atoms with Gasteiger partial charge in [-0.2, -0.15) is 0 Å². The van der Waals surface area contributed by atoms with E-state index in [-0.39, 0.29) is 12.1 Å². The molecule has 2 unspecified atom stereocenters. The molecule has 0 amide bonds. The van der Waals surface area contributed by atoms with Crippen LogP contribution in [-0.4, -0.2) is 53.9 Å². The van der Waals surface area contributed by atoms with Gasteiger partial charge in [0.05, 0.1) is 6.04 Å². The number of rotatable bonds is 7. The van der Waals surface area contributed by atoms with Crippen LogP contribution in [0.25, 0.3) is 10.9 Å². The number of carbonyl (C=O) groups excluding carboxylic acids is 1. The second-order valence-corrected chi connectivity index (χ2v) is 10.1. The van der Waals surface area contributed by atoms with Crippen LogP contribution in [0.5, 0.6) is 0 Å². The quantitative estimate of drug-likeness (QED) is 0.379. The summed E-state index contributed by atoms with van der Waals surface area (Å²) in [5.41, 5.74) is 6.23. The normalized spacial score (nSPS) is 19.0. The third kappa shape index (κ3) is 4.63. The topological polar surface area (TPSA) is 51.4 Å². The average molecular weight is 479 g/mol. The van der Waals surface area contributed by atoms with Gasteiger partial charge in [-0.15, -0.1) is 0 Å². The fourth-order valence-corrected chi connectivity index (χ4v) is 6.03. The van der Waals surface area contributed by atoms with Crippen LogP contribution >= 0.6 is 0 Å². The molecule has 3 aromatic carbocycles. The Morgan fingerprint density at radius 2 is 1.69 bits per heavy atom. The highest BCUT2D eigenvalue weighted by Crippen LogP contribution is 2.30. The van der Waals surface area contributed by atoms with Gasteiger partial charge in [-0.3, -0.25) is 9.69 Å². The zero-order valence-corrected chi connectivity index (χ0v) is 20.7. The number of ketones is 1. The fraction of sp³-hybridized carbons (Fsp3) is 0.323. The summed E-state index contributed by atoms with van der Waals surface area (Å²) in [4.78, 5) is 22.1. The van der Waals surface area contributed by atoms with Crippen molar-refractivity contribution in [3.05, 3.63) is 96.2 Å². The van der Waals surface area contributed by atoms with Crippen LogP contribution in [0.4, 0.5) is 11.4 Å². The van der Waals surface area contributed by atoms with Crippen molar-refractivity contribution in [2.75, 3.05) is 36.4 Å². The fourth-order valence-electron chi connectivity index (χ4n) is 6.03. The molecule has 2 N–H and O–H groups in total. The summed E-state index contributed by atoms with van der Waals surface area (Å²) in [6.07, 6.45) is 5.40. The molecule has 4 aromatic rings. The molecule has 5 nitrogen and oxygen atoms in total. The Labute approximate surface area is 213 Å². The molecular formula is C31H34N4O. The van der Waals surface area contributed by atoms with Crippen molar-refractivity contribution >= 4 is 28.1 Å². The summed E-state index contributed by atoms with van der Waals surface area (Å²) in [5, 5.41) is 5.03. The van der Waals surface area contributed by atoms with Gasteiger partial charge in [0.1, 0.15) is 0 Å². The molecule has 2 atom stereocenters. The van der Waals surface area contributed by atoms with Gasteiger partial charge in [0.25, 0.3) is 0 Å². The Balaban J connectivity index is 1.20. The Morgan fingerprint density at radius 3 is 2.56 bits per heavy atom. The number of nitrogens with one attached hydrogen (secondary N) is 2. The maximum absolute atomic E-state index is 13.8. The van der Waals surface area contributed by atoms with Crippen LogP contribution in [-0.2, 0) is 17.6 Å². The van der Waals surface area contributed by atoms with Crippen molar-refractivity contribution in [3.63, 3.8) is 0 Å². The van der Waals surface area contributed by atoms with Crippen molar-refractivity contribution < 1.29 is 4.79 Å². The summed E-state index contributed by atoms with van der Waals surface area (Å²) in [6, 6.07) is 27.6. The number of anilines is 2. The minimum Gasteiger partial charge on any atom is -0.380 e. The highest BCUT2D eigenvalue weighted by atomic mass is 16.1. The van der Waals surface area contributed by atoms with Crippen LogP contribution in [0.3, 0.4) is 0 Å². The lowest BCUT2D eigenvalue weighted by atomic mass is 9.88. The number of piperazine rings is 1. The molecular weight excluding hydrogens is 444 g/mol. The van der Waals surface area contributed by atoms with Crippen LogP contribution in [0.1, 0.15) is 24.0 Å². The molecule has 0 radical (unpaired) electrons. The highest BCUT2D eigenvalue weighted by molar-refractivity contribution is 5.92. The lowest BCUT2D eigenvalue weighted by Crippen LogP contribution is -2.58. The smallest absolute Gasteiger partial charge is 0.152 e. The van der Waals surface area contributed by atoms with Crippen LogP contribution in [0.2, 0.25) is 0 Å².